The van der Waals surface area contributed by atoms with Crippen molar-refractivity contribution >= 4 is 5.69 Å². The summed E-state index contributed by atoms with van der Waals surface area (Å²) in [5, 5.41) is 14.0. The smallest absolute Gasteiger partial charge is 0.313 e. The molecule has 1 saturated heterocycles. The second-order valence-corrected chi connectivity index (χ2v) is 4.50. The summed E-state index contributed by atoms with van der Waals surface area (Å²) in [6.45, 7) is 3.61. The number of hydrogen-bond donors (Lipinski definition) is 1. The lowest BCUT2D eigenvalue weighted by Gasteiger charge is -2.29. The Kier molecular flexibility index (Phi) is 3.76. The first-order valence-electron chi connectivity index (χ1n) is 5.89. The fraction of sp³-hybridized carbons (Fsp3) is 0.500. The average Bonchev–Trinajstić information content (AvgIpc) is 2.34. The number of hydrogen-bond acceptors (Lipinski definition) is 4. The number of rotatable bonds is 3. The maximum absolute atomic E-state index is 13.0. The van der Waals surface area contributed by atoms with E-state index in [1.807, 2.05) is 6.92 Å². The van der Waals surface area contributed by atoms with Crippen LogP contribution in [0.1, 0.15) is 13.3 Å². The minimum atomic E-state index is -0.635. The molecule has 1 N–H and O–H groups in total. The standard InChI is InChI=1S/C12H15FN2O3/c1-8-4-5-14-7-12(8)18-11-3-2-9(13)6-10(11)15(16)17/h2-3,6,8,12,14H,4-5,7H2,1H3. The summed E-state index contributed by atoms with van der Waals surface area (Å²) >= 11 is 0. The number of nitrogens with one attached hydrogen (secondary N) is 1. The summed E-state index contributed by atoms with van der Waals surface area (Å²) in [6.07, 6.45) is 0.836. The summed E-state index contributed by atoms with van der Waals surface area (Å²) in [5.74, 6) is -0.193. The third-order valence-corrected chi connectivity index (χ3v) is 3.15. The Morgan fingerprint density at radius 3 is 3.00 bits per heavy atom. The van der Waals surface area contributed by atoms with Gasteiger partial charge in [0, 0.05) is 6.54 Å². The molecule has 1 aromatic rings. The van der Waals surface area contributed by atoms with Crippen LogP contribution in [0.2, 0.25) is 0 Å². The molecule has 0 radical (unpaired) electrons. The van der Waals surface area contributed by atoms with E-state index in [2.05, 4.69) is 5.32 Å². The van der Waals surface area contributed by atoms with Crippen LogP contribution in [0, 0.1) is 21.8 Å². The lowest BCUT2D eigenvalue weighted by atomic mass is 9.97. The largest absolute Gasteiger partial charge is 0.482 e. The molecule has 1 aromatic carbocycles. The van der Waals surface area contributed by atoms with E-state index in [0.717, 1.165) is 19.0 Å². The first-order valence-corrected chi connectivity index (χ1v) is 5.89. The molecule has 0 aliphatic carbocycles. The number of nitro groups is 1. The molecule has 2 atom stereocenters. The van der Waals surface area contributed by atoms with Crippen LogP contribution in [0.15, 0.2) is 18.2 Å². The molecule has 0 spiro atoms. The molecule has 2 rings (SSSR count). The van der Waals surface area contributed by atoms with E-state index >= 15 is 0 Å². The maximum Gasteiger partial charge on any atom is 0.313 e. The zero-order chi connectivity index (χ0) is 13.1. The molecule has 1 fully saturated rings. The summed E-state index contributed by atoms with van der Waals surface area (Å²) in [7, 11) is 0. The summed E-state index contributed by atoms with van der Waals surface area (Å²) < 4.78 is 18.6. The van der Waals surface area contributed by atoms with E-state index < -0.39 is 10.7 Å². The highest BCUT2D eigenvalue weighted by Gasteiger charge is 2.26. The van der Waals surface area contributed by atoms with E-state index in [0.29, 0.717) is 12.5 Å². The predicted octanol–water partition coefficient (Wildman–Crippen LogP) is 2.11. The van der Waals surface area contributed by atoms with Crippen LogP contribution in [0.5, 0.6) is 5.75 Å². The molecule has 98 valence electrons. The Morgan fingerprint density at radius 2 is 2.33 bits per heavy atom. The summed E-state index contributed by atoms with van der Waals surface area (Å²) in [4.78, 5) is 10.2. The maximum atomic E-state index is 13.0. The highest BCUT2D eigenvalue weighted by molar-refractivity contribution is 5.46. The van der Waals surface area contributed by atoms with Gasteiger partial charge >= 0.3 is 5.69 Å². The molecular formula is C12H15FN2O3. The van der Waals surface area contributed by atoms with Crippen molar-refractivity contribution < 1.29 is 14.1 Å². The number of nitro benzene ring substituents is 1. The fourth-order valence-corrected chi connectivity index (χ4v) is 2.01. The molecule has 0 amide bonds. The van der Waals surface area contributed by atoms with Crippen molar-refractivity contribution in [2.75, 3.05) is 13.1 Å². The Morgan fingerprint density at radius 1 is 1.56 bits per heavy atom. The van der Waals surface area contributed by atoms with Gasteiger partial charge in [-0.1, -0.05) is 6.92 Å². The van der Waals surface area contributed by atoms with Gasteiger partial charge in [-0.15, -0.1) is 0 Å². The van der Waals surface area contributed by atoms with Crippen molar-refractivity contribution in [3.05, 3.63) is 34.1 Å². The van der Waals surface area contributed by atoms with Gasteiger partial charge in [-0.3, -0.25) is 10.1 Å². The van der Waals surface area contributed by atoms with E-state index in [1.54, 1.807) is 0 Å². The molecular weight excluding hydrogens is 239 g/mol. The lowest BCUT2D eigenvalue weighted by Crippen LogP contribution is -2.42. The number of benzene rings is 1. The van der Waals surface area contributed by atoms with Gasteiger partial charge in [-0.05, 0) is 31.0 Å². The SMILES string of the molecule is CC1CCNCC1Oc1ccc(F)cc1[N+](=O)[O-]. The van der Waals surface area contributed by atoms with E-state index in [1.165, 1.54) is 12.1 Å². The Labute approximate surface area is 104 Å². The van der Waals surface area contributed by atoms with Crippen LogP contribution in [-0.2, 0) is 0 Å². The first kappa shape index (κ1) is 12.8. The fourth-order valence-electron chi connectivity index (χ4n) is 2.01. The Bertz CT molecular complexity index is 453. The van der Waals surface area contributed by atoms with E-state index in [4.69, 9.17) is 4.74 Å². The quantitative estimate of drug-likeness (QED) is 0.662. The van der Waals surface area contributed by atoms with Gasteiger partial charge in [-0.2, -0.15) is 0 Å². The van der Waals surface area contributed by atoms with Crippen LogP contribution in [0.3, 0.4) is 0 Å². The molecule has 5 nitrogen and oxygen atoms in total. The Hall–Kier alpha value is -1.69. The van der Waals surface area contributed by atoms with Gasteiger partial charge < -0.3 is 10.1 Å². The third kappa shape index (κ3) is 2.76. The van der Waals surface area contributed by atoms with E-state index in [9.17, 15) is 14.5 Å². The summed E-state index contributed by atoms with van der Waals surface area (Å²) in [5.41, 5.74) is -0.326. The highest BCUT2D eigenvalue weighted by Crippen LogP contribution is 2.30. The number of ether oxygens (including phenoxy) is 1. The van der Waals surface area contributed by atoms with E-state index in [-0.39, 0.29) is 17.5 Å². The number of nitrogens with zero attached hydrogens (tertiary/aromatic N) is 1. The van der Waals surface area contributed by atoms with Crippen molar-refractivity contribution in [2.24, 2.45) is 5.92 Å². The van der Waals surface area contributed by atoms with Gasteiger partial charge in [-0.25, -0.2) is 4.39 Å². The van der Waals surface area contributed by atoms with Crippen LogP contribution >= 0.6 is 0 Å². The molecule has 1 heterocycles. The predicted molar refractivity (Wildman–Crippen MR) is 64.1 cm³/mol. The third-order valence-electron chi connectivity index (χ3n) is 3.15. The zero-order valence-electron chi connectivity index (χ0n) is 10.1. The Balaban J connectivity index is 2.20. The zero-order valence-corrected chi connectivity index (χ0v) is 10.1. The molecule has 0 aromatic heterocycles. The van der Waals surface area contributed by atoms with Crippen molar-refractivity contribution in [2.45, 2.75) is 19.4 Å². The second kappa shape index (κ2) is 5.30. The first-order chi connectivity index (χ1) is 8.58. The van der Waals surface area contributed by atoms with Crippen molar-refractivity contribution in [1.82, 2.24) is 5.32 Å². The number of piperidine rings is 1. The van der Waals surface area contributed by atoms with Gasteiger partial charge in [0.2, 0.25) is 0 Å². The lowest BCUT2D eigenvalue weighted by molar-refractivity contribution is -0.386. The molecule has 1 aliphatic heterocycles. The molecule has 0 saturated carbocycles. The molecule has 6 heteroatoms. The topological polar surface area (TPSA) is 64.4 Å². The minimum absolute atomic E-state index is 0.122. The van der Waals surface area contributed by atoms with Crippen molar-refractivity contribution in [3.8, 4) is 5.75 Å². The summed E-state index contributed by atoms with van der Waals surface area (Å²) in [6, 6.07) is 3.37. The monoisotopic (exact) mass is 254 g/mol. The van der Waals surface area contributed by atoms with Gasteiger partial charge in [0.05, 0.1) is 11.0 Å². The van der Waals surface area contributed by atoms with Crippen LogP contribution in [0.25, 0.3) is 0 Å². The molecule has 2 unspecified atom stereocenters. The van der Waals surface area contributed by atoms with Crippen molar-refractivity contribution in [1.29, 1.82) is 0 Å². The highest BCUT2D eigenvalue weighted by atomic mass is 19.1. The number of halogens is 1. The van der Waals surface area contributed by atoms with Gasteiger partial charge in [0.25, 0.3) is 0 Å². The van der Waals surface area contributed by atoms with Gasteiger partial charge in [0.15, 0.2) is 5.75 Å². The molecule has 1 aliphatic rings. The van der Waals surface area contributed by atoms with Crippen LogP contribution in [-0.4, -0.2) is 24.1 Å². The van der Waals surface area contributed by atoms with Gasteiger partial charge in [0.1, 0.15) is 11.9 Å². The van der Waals surface area contributed by atoms with Crippen LogP contribution in [0.4, 0.5) is 10.1 Å². The average molecular weight is 254 g/mol. The molecule has 0 bridgehead atoms. The molecule has 18 heavy (non-hydrogen) atoms. The van der Waals surface area contributed by atoms with Crippen molar-refractivity contribution in [3.63, 3.8) is 0 Å². The minimum Gasteiger partial charge on any atom is -0.482 e. The second-order valence-electron chi connectivity index (χ2n) is 4.50. The van der Waals surface area contributed by atoms with Crippen LogP contribution < -0.4 is 10.1 Å². The normalized spacial score (nSPS) is 23.7.